The molecule has 0 N–H and O–H groups in total. The Morgan fingerprint density at radius 3 is 2.11 bits per heavy atom. The van der Waals surface area contributed by atoms with Crippen molar-refractivity contribution < 1.29 is 14.3 Å². The van der Waals surface area contributed by atoms with Crippen LogP contribution < -0.4 is 0 Å². The molecule has 0 unspecified atom stereocenters. The van der Waals surface area contributed by atoms with Gasteiger partial charge in [-0.05, 0) is 18.4 Å². The summed E-state index contributed by atoms with van der Waals surface area (Å²) >= 11 is 0. The quantitative estimate of drug-likeness (QED) is 0.723. The fourth-order valence-corrected chi connectivity index (χ4v) is 4.05. The van der Waals surface area contributed by atoms with Gasteiger partial charge in [-0.3, -0.25) is 14.5 Å². The van der Waals surface area contributed by atoms with Crippen LogP contribution in [0.25, 0.3) is 6.08 Å². The van der Waals surface area contributed by atoms with E-state index < -0.39 is 5.41 Å². The lowest BCUT2D eigenvalue weighted by Gasteiger charge is -2.37. The van der Waals surface area contributed by atoms with Crippen molar-refractivity contribution in [3.8, 4) is 0 Å². The molecule has 150 valence electrons. The lowest BCUT2D eigenvalue weighted by atomic mass is 10.0. The van der Waals surface area contributed by atoms with Gasteiger partial charge in [0.2, 0.25) is 11.8 Å². The van der Waals surface area contributed by atoms with Crippen LogP contribution in [0.15, 0.2) is 36.4 Å². The number of benzene rings is 1. The number of nitrogens with zero attached hydrogens (tertiary/aromatic N) is 3. The van der Waals surface area contributed by atoms with Gasteiger partial charge in [0.1, 0.15) is 5.41 Å². The Kier molecular flexibility index (Phi) is 5.78. The maximum absolute atomic E-state index is 13.1. The summed E-state index contributed by atoms with van der Waals surface area (Å²) in [6.07, 6.45) is 5.71. The summed E-state index contributed by atoms with van der Waals surface area (Å²) in [6, 6.07) is 10.3. The van der Waals surface area contributed by atoms with Crippen LogP contribution in [-0.2, 0) is 14.3 Å². The summed E-state index contributed by atoms with van der Waals surface area (Å²) < 4.78 is 5.33. The van der Waals surface area contributed by atoms with Crippen LogP contribution in [0.4, 0.5) is 0 Å². The van der Waals surface area contributed by atoms with Gasteiger partial charge < -0.3 is 14.5 Å². The number of piperazine rings is 1. The lowest BCUT2D eigenvalue weighted by Crippen LogP contribution is -2.54. The van der Waals surface area contributed by atoms with E-state index in [9.17, 15) is 9.59 Å². The average Bonchev–Trinajstić information content (AvgIpc) is 3.57. The zero-order valence-corrected chi connectivity index (χ0v) is 16.4. The molecule has 1 aromatic carbocycles. The molecule has 1 saturated carbocycles. The maximum atomic E-state index is 13.1. The van der Waals surface area contributed by atoms with Crippen LogP contribution in [0.5, 0.6) is 0 Å². The molecular weight excluding hydrogens is 354 g/mol. The molecule has 2 heterocycles. The van der Waals surface area contributed by atoms with Crippen molar-refractivity contribution in [1.29, 1.82) is 0 Å². The molecular formula is C22H29N3O3. The molecule has 6 nitrogen and oxygen atoms in total. The first-order valence-corrected chi connectivity index (χ1v) is 10.3. The molecule has 0 bridgehead atoms. The average molecular weight is 383 g/mol. The van der Waals surface area contributed by atoms with Crippen LogP contribution in [-0.4, -0.2) is 85.5 Å². The van der Waals surface area contributed by atoms with Gasteiger partial charge in [-0.15, -0.1) is 0 Å². The van der Waals surface area contributed by atoms with E-state index in [1.807, 2.05) is 28.0 Å². The summed E-state index contributed by atoms with van der Waals surface area (Å²) in [7, 11) is 0. The van der Waals surface area contributed by atoms with Crippen molar-refractivity contribution in [1.82, 2.24) is 14.7 Å². The van der Waals surface area contributed by atoms with Crippen LogP contribution in [0.1, 0.15) is 18.4 Å². The first kappa shape index (κ1) is 19.2. The molecule has 3 fully saturated rings. The molecule has 0 atom stereocenters. The minimum Gasteiger partial charge on any atom is -0.378 e. The Morgan fingerprint density at radius 1 is 0.893 bits per heavy atom. The van der Waals surface area contributed by atoms with E-state index in [2.05, 4.69) is 29.2 Å². The van der Waals surface area contributed by atoms with Gasteiger partial charge in [0.15, 0.2) is 0 Å². The third-order valence-corrected chi connectivity index (χ3v) is 6.00. The molecule has 6 heteroatoms. The first-order valence-electron chi connectivity index (χ1n) is 10.3. The molecule has 0 aromatic heterocycles. The monoisotopic (exact) mass is 383 g/mol. The second-order valence-corrected chi connectivity index (χ2v) is 7.89. The number of amides is 2. The van der Waals surface area contributed by atoms with Crippen LogP contribution >= 0.6 is 0 Å². The second-order valence-electron chi connectivity index (χ2n) is 7.89. The number of carbonyl (C=O) groups is 2. The van der Waals surface area contributed by atoms with Crippen molar-refractivity contribution in [3.05, 3.63) is 42.0 Å². The Bertz CT molecular complexity index is 716. The molecule has 0 radical (unpaired) electrons. The van der Waals surface area contributed by atoms with Crippen molar-refractivity contribution in [3.63, 3.8) is 0 Å². The summed E-state index contributed by atoms with van der Waals surface area (Å²) in [5, 5.41) is 0. The first-order chi connectivity index (χ1) is 13.7. The fourth-order valence-electron chi connectivity index (χ4n) is 4.05. The zero-order valence-electron chi connectivity index (χ0n) is 16.4. The summed E-state index contributed by atoms with van der Waals surface area (Å²) in [5.74, 6) is 0.0671. The van der Waals surface area contributed by atoms with E-state index in [1.165, 1.54) is 5.56 Å². The number of hydrogen-bond donors (Lipinski definition) is 0. The van der Waals surface area contributed by atoms with Gasteiger partial charge in [-0.1, -0.05) is 42.5 Å². The molecule has 0 spiro atoms. The molecule has 3 aliphatic rings. The molecule has 1 aliphatic carbocycles. The van der Waals surface area contributed by atoms with E-state index in [-0.39, 0.29) is 11.8 Å². The Labute approximate surface area is 166 Å². The smallest absolute Gasteiger partial charge is 0.238 e. The van der Waals surface area contributed by atoms with Crippen molar-refractivity contribution in [2.24, 2.45) is 5.41 Å². The largest absolute Gasteiger partial charge is 0.378 e. The highest BCUT2D eigenvalue weighted by atomic mass is 16.5. The summed E-state index contributed by atoms with van der Waals surface area (Å²) in [6.45, 7) is 6.36. The van der Waals surface area contributed by atoms with Crippen molar-refractivity contribution in [2.75, 3.05) is 59.0 Å². The third kappa shape index (κ3) is 4.13. The SMILES string of the molecule is O=C(N1CCOCC1)C1(C(=O)N2CCN(C/C=C/c3ccccc3)CC2)CC1. The highest BCUT2D eigenvalue weighted by Crippen LogP contribution is 2.49. The Morgan fingerprint density at radius 2 is 1.50 bits per heavy atom. The van der Waals surface area contributed by atoms with Gasteiger partial charge in [0.05, 0.1) is 13.2 Å². The standard InChI is InChI=1S/C22H29N3O3/c26-20(22(8-9-22)21(27)25-15-17-28-18-16-25)24-13-11-23(12-14-24)10-4-7-19-5-2-1-3-6-19/h1-7H,8-18H2/b7-4+. The van der Waals surface area contributed by atoms with Gasteiger partial charge in [0, 0.05) is 45.8 Å². The Balaban J connectivity index is 1.27. The van der Waals surface area contributed by atoms with E-state index in [4.69, 9.17) is 4.74 Å². The number of carbonyl (C=O) groups excluding carboxylic acids is 2. The van der Waals surface area contributed by atoms with Gasteiger partial charge in [-0.25, -0.2) is 0 Å². The predicted molar refractivity (Wildman–Crippen MR) is 108 cm³/mol. The molecule has 2 aliphatic heterocycles. The van der Waals surface area contributed by atoms with E-state index in [1.54, 1.807) is 0 Å². The van der Waals surface area contributed by atoms with Crippen LogP contribution in [0.2, 0.25) is 0 Å². The highest BCUT2D eigenvalue weighted by molar-refractivity contribution is 6.07. The van der Waals surface area contributed by atoms with Crippen LogP contribution in [0.3, 0.4) is 0 Å². The van der Waals surface area contributed by atoms with Crippen molar-refractivity contribution in [2.45, 2.75) is 12.8 Å². The fraction of sp³-hybridized carbons (Fsp3) is 0.545. The maximum Gasteiger partial charge on any atom is 0.238 e. The summed E-state index contributed by atoms with van der Waals surface area (Å²) in [5.41, 5.74) is 0.431. The Hall–Kier alpha value is -2.18. The van der Waals surface area contributed by atoms with E-state index in [0.29, 0.717) is 52.2 Å². The molecule has 2 saturated heterocycles. The minimum absolute atomic E-state index is 0.0222. The highest BCUT2D eigenvalue weighted by Gasteiger charge is 2.59. The van der Waals surface area contributed by atoms with E-state index >= 15 is 0 Å². The zero-order chi connectivity index (χ0) is 19.4. The number of ether oxygens (including phenoxy) is 1. The van der Waals surface area contributed by atoms with Gasteiger partial charge in [0.25, 0.3) is 0 Å². The lowest BCUT2D eigenvalue weighted by molar-refractivity contribution is -0.152. The minimum atomic E-state index is -0.771. The number of hydrogen-bond acceptors (Lipinski definition) is 4. The normalized spacial score (nSPS) is 22.4. The van der Waals surface area contributed by atoms with E-state index in [0.717, 1.165) is 19.6 Å². The predicted octanol–water partition coefficient (Wildman–Crippen LogP) is 1.48. The van der Waals surface area contributed by atoms with Crippen LogP contribution in [0, 0.1) is 5.41 Å². The van der Waals surface area contributed by atoms with Gasteiger partial charge in [-0.2, -0.15) is 0 Å². The second kappa shape index (κ2) is 8.45. The third-order valence-electron chi connectivity index (χ3n) is 6.00. The molecule has 4 rings (SSSR count). The van der Waals surface area contributed by atoms with Crippen molar-refractivity contribution >= 4 is 17.9 Å². The van der Waals surface area contributed by atoms with Gasteiger partial charge >= 0.3 is 0 Å². The summed E-state index contributed by atoms with van der Waals surface area (Å²) in [4.78, 5) is 32.1. The molecule has 2 amide bonds. The molecule has 1 aromatic rings. The number of rotatable bonds is 5. The molecule has 28 heavy (non-hydrogen) atoms. The topological polar surface area (TPSA) is 53.1 Å². The number of morpholine rings is 1.